The van der Waals surface area contributed by atoms with E-state index in [0.717, 1.165) is 18.9 Å². The van der Waals surface area contributed by atoms with Gasteiger partial charge in [0.2, 0.25) is 0 Å². The van der Waals surface area contributed by atoms with Gasteiger partial charge in [0.1, 0.15) is 5.78 Å². The lowest BCUT2D eigenvalue weighted by atomic mass is 10.0. The molecule has 3 rings (SSSR count). The van der Waals surface area contributed by atoms with Crippen LogP contribution in [-0.2, 0) is 17.6 Å². The van der Waals surface area contributed by atoms with E-state index in [2.05, 4.69) is 23.1 Å². The van der Waals surface area contributed by atoms with E-state index >= 15 is 0 Å². The summed E-state index contributed by atoms with van der Waals surface area (Å²) in [5, 5.41) is 0. The summed E-state index contributed by atoms with van der Waals surface area (Å²) in [4.78, 5) is 13.8. The first-order chi connectivity index (χ1) is 9.22. The number of Topliss-reactive ketones (excluding diaryl/α,β-unsaturated/α-hetero) is 1. The third kappa shape index (κ3) is 2.83. The lowest BCUT2D eigenvalue weighted by molar-refractivity contribution is -0.116. The second-order valence-corrected chi connectivity index (χ2v) is 6.19. The van der Waals surface area contributed by atoms with Gasteiger partial charge in [0.05, 0.1) is 0 Å². The molecule has 0 atom stereocenters. The van der Waals surface area contributed by atoms with Crippen molar-refractivity contribution in [1.29, 1.82) is 0 Å². The van der Waals surface area contributed by atoms with E-state index in [-0.39, 0.29) is 5.78 Å². The summed E-state index contributed by atoms with van der Waals surface area (Å²) in [6.45, 7) is 4.06. The van der Waals surface area contributed by atoms with Crippen LogP contribution in [-0.4, -0.2) is 18.9 Å². The van der Waals surface area contributed by atoms with Crippen LogP contribution in [0.15, 0.2) is 18.2 Å². The second-order valence-electron chi connectivity index (χ2n) is 6.19. The van der Waals surface area contributed by atoms with Crippen LogP contribution in [0.2, 0.25) is 0 Å². The van der Waals surface area contributed by atoms with Crippen molar-refractivity contribution in [3.05, 3.63) is 29.3 Å². The summed E-state index contributed by atoms with van der Waals surface area (Å²) < 4.78 is 0. The molecule has 0 radical (unpaired) electrons. The molecule has 2 nitrogen and oxygen atoms in total. The number of anilines is 1. The van der Waals surface area contributed by atoms with Crippen molar-refractivity contribution < 1.29 is 4.79 Å². The number of hydrogen-bond acceptors (Lipinski definition) is 2. The topological polar surface area (TPSA) is 20.3 Å². The highest BCUT2D eigenvalue weighted by Crippen LogP contribution is 2.33. The van der Waals surface area contributed by atoms with Crippen LogP contribution in [0.1, 0.15) is 43.7 Å². The van der Waals surface area contributed by atoms with Crippen molar-refractivity contribution >= 4 is 11.5 Å². The molecule has 2 aliphatic rings. The van der Waals surface area contributed by atoms with Crippen LogP contribution in [0.4, 0.5) is 5.69 Å². The second kappa shape index (κ2) is 5.36. The van der Waals surface area contributed by atoms with E-state index in [9.17, 15) is 4.79 Å². The molecule has 1 heterocycles. The molecule has 0 N–H and O–H groups in total. The minimum atomic E-state index is 0.251. The number of ketones is 1. The van der Waals surface area contributed by atoms with Gasteiger partial charge in [-0.1, -0.05) is 25.0 Å². The molecule has 1 saturated carbocycles. The van der Waals surface area contributed by atoms with E-state index in [0.29, 0.717) is 6.42 Å². The van der Waals surface area contributed by atoms with Crippen molar-refractivity contribution in [2.45, 2.75) is 45.4 Å². The molecule has 0 spiro atoms. The van der Waals surface area contributed by atoms with E-state index in [1.54, 1.807) is 6.92 Å². The maximum absolute atomic E-state index is 11.2. The Morgan fingerprint density at radius 2 is 2.11 bits per heavy atom. The Kier molecular flexibility index (Phi) is 3.58. The molecule has 1 aliphatic heterocycles. The van der Waals surface area contributed by atoms with E-state index < -0.39 is 0 Å². The first-order valence-electron chi connectivity index (χ1n) is 7.58. The van der Waals surface area contributed by atoms with Gasteiger partial charge in [0.25, 0.3) is 0 Å². The Hall–Kier alpha value is -1.31. The Bertz CT molecular complexity index is 474. The molecule has 1 aromatic rings. The van der Waals surface area contributed by atoms with Crippen LogP contribution in [0.25, 0.3) is 0 Å². The molecule has 1 aromatic carbocycles. The quantitative estimate of drug-likeness (QED) is 0.824. The fourth-order valence-electron chi connectivity index (χ4n) is 3.62. The molecule has 1 aliphatic carbocycles. The molecule has 0 amide bonds. The van der Waals surface area contributed by atoms with Crippen molar-refractivity contribution in [2.24, 2.45) is 5.92 Å². The Balaban J connectivity index is 1.71. The van der Waals surface area contributed by atoms with Gasteiger partial charge in [0.15, 0.2) is 0 Å². The summed E-state index contributed by atoms with van der Waals surface area (Å²) in [6.07, 6.45) is 7.39. The van der Waals surface area contributed by atoms with Crippen LogP contribution in [0.3, 0.4) is 0 Å². The maximum atomic E-state index is 11.2. The normalized spacial score (nSPS) is 18.9. The van der Waals surface area contributed by atoms with E-state index in [1.807, 2.05) is 0 Å². The van der Waals surface area contributed by atoms with Crippen molar-refractivity contribution in [3.8, 4) is 0 Å². The molecule has 2 heteroatoms. The van der Waals surface area contributed by atoms with Crippen LogP contribution in [0.5, 0.6) is 0 Å². The number of benzene rings is 1. The monoisotopic (exact) mass is 257 g/mol. The Morgan fingerprint density at radius 1 is 1.32 bits per heavy atom. The standard InChI is InChI=1S/C17H23NO/c1-13(19)10-15-6-7-17-16(11-15)8-9-18(17)12-14-4-2-3-5-14/h6-7,11,14H,2-5,8-10,12H2,1H3. The lowest BCUT2D eigenvalue weighted by Crippen LogP contribution is -2.26. The zero-order chi connectivity index (χ0) is 13.2. The van der Waals surface area contributed by atoms with Crippen LogP contribution >= 0.6 is 0 Å². The molecule has 0 saturated heterocycles. The summed E-state index contributed by atoms with van der Waals surface area (Å²) in [5.41, 5.74) is 4.03. The van der Waals surface area contributed by atoms with Gasteiger partial charge in [-0.2, -0.15) is 0 Å². The van der Waals surface area contributed by atoms with Crippen LogP contribution < -0.4 is 4.90 Å². The Labute approximate surface area is 115 Å². The number of fused-ring (bicyclic) bond motifs is 1. The van der Waals surface area contributed by atoms with Gasteiger partial charge in [-0.15, -0.1) is 0 Å². The third-order valence-corrected chi connectivity index (χ3v) is 4.54. The fraction of sp³-hybridized carbons (Fsp3) is 0.588. The molecule has 0 aromatic heterocycles. The molecule has 0 bridgehead atoms. The predicted molar refractivity (Wildman–Crippen MR) is 78.7 cm³/mol. The molecule has 1 fully saturated rings. The van der Waals surface area contributed by atoms with E-state index in [1.165, 1.54) is 49.0 Å². The first kappa shape index (κ1) is 12.7. The molecule has 0 unspecified atom stereocenters. The molecular formula is C17H23NO. The van der Waals surface area contributed by atoms with Crippen LogP contribution in [0, 0.1) is 5.92 Å². The largest absolute Gasteiger partial charge is 0.371 e. The Morgan fingerprint density at radius 3 is 2.84 bits per heavy atom. The first-order valence-corrected chi connectivity index (χ1v) is 7.58. The lowest BCUT2D eigenvalue weighted by Gasteiger charge is -2.23. The van der Waals surface area contributed by atoms with Gasteiger partial charge >= 0.3 is 0 Å². The number of rotatable bonds is 4. The molecular weight excluding hydrogens is 234 g/mol. The average Bonchev–Trinajstić information content (AvgIpc) is 2.99. The zero-order valence-electron chi connectivity index (χ0n) is 11.8. The third-order valence-electron chi connectivity index (χ3n) is 4.54. The van der Waals surface area contributed by atoms with Gasteiger partial charge in [-0.25, -0.2) is 0 Å². The fourth-order valence-corrected chi connectivity index (χ4v) is 3.62. The zero-order valence-corrected chi connectivity index (χ0v) is 11.8. The van der Waals surface area contributed by atoms with E-state index in [4.69, 9.17) is 0 Å². The smallest absolute Gasteiger partial charge is 0.134 e. The number of carbonyl (C=O) groups is 1. The number of nitrogens with zero attached hydrogens (tertiary/aromatic N) is 1. The summed E-state index contributed by atoms with van der Waals surface area (Å²) in [7, 11) is 0. The van der Waals surface area contributed by atoms with Crippen molar-refractivity contribution in [3.63, 3.8) is 0 Å². The van der Waals surface area contributed by atoms with Crippen molar-refractivity contribution in [2.75, 3.05) is 18.0 Å². The van der Waals surface area contributed by atoms with Crippen molar-refractivity contribution in [1.82, 2.24) is 0 Å². The van der Waals surface area contributed by atoms with Gasteiger partial charge in [0, 0.05) is 25.2 Å². The average molecular weight is 257 g/mol. The molecule has 19 heavy (non-hydrogen) atoms. The number of carbonyl (C=O) groups excluding carboxylic acids is 1. The maximum Gasteiger partial charge on any atom is 0.134 e. The highest BCUT2D eigenvalue weighted by atomic mass is 16.1. The highest BCUT2D eigenvalue weighted by Gasteiger charge is 2.24. The summed E-state index contributed by atoms with van der Waals surface area (Å²) >= 11 is 0. The number of hydrogen-bond donors (Lipinski definition) is 0. The molecule has 102 valence electrons. The van der Waals surface area contributed by atoms with Gasteiger partial charge in [-0.3, -0.25) is 4.79 Å². The summed E-state index contributed by atoms with van der Waals surface area (Å²) in [5.74, 6) is 1.16. The predicted octanol–water partition coefficient (Wildman–Crippen LogP) is 3.37. The summed E-state index contributed by atoms with van der Waals surface area (Å²) in [6, 6.07) is 6.61. The highest BCUT2D eigenvalue weighted by molar-refractivity contribution is 5.78. The minimum Gasteiger partial charge on any atom is -0.371 e. The van der Waals surface area contributed by atoms with Gasteiger partial charge in [-0.05, 0) is 49.3 Å². The SMILES string of the molecule is CC(=O)Cc1ccc2c(c1)CCN2CC1CCCC1. The minimum absolute atomic E-state index is 0.251. The van der Waals surface area contributed by atoms with Gasteiger partial charge < -0.3 is 4.90 Å².